The average molecular weight is 256 g/mol. The summed E-state index contributed by atoms with van der Waals surface area (Å²) in [6.07, 6.45) is 3.96. The third kappa shape index (κ3) is 7.67. The van der Waals surface area contributed by atoms with E-state index in [0.29, 0.717) is 31.4 Å². The van der Waals surface area contributed by atoms with Crippen LogP contribution < -0.4 is 10.6 Å². The lowest BCUT2D eigenvalue weighted by molar-refractivity contribution is -0.121. The van der Waals surface area contributed by atoms with Gasteiger partial charge in [-0.25, -0.2) is 0 Å². The molecule has 4 heteroatoms. The summed E-state index contributed by atoms with van der Waals surface area (Å²) in [6.45, 7) is 8.61. The molecular formula is C14H28N2O2. The second-order valence-corrected chi connectivity index (χ2v) is 5.54. The zero-order chi connectivity index (χ0) is 13.2. The molecular weight excluding hydrogens is 228 g/mol. The fourth-order valence-corrected chi connectivity index (χ4v) is 2.07. The molecule has 2 N–H and O–H groups in total. The van der Waals surface area contributed by atoms with Gasteiger partial charge < -0.3 is 15.4 Å². The predicted molar refractivity (Wildman–Crippen MR) is 73.5 cm³/mol. The molecule has 1 amide bonds. The molecule has 0 aromatic rings. The Kier molecular flexibility index (Phi) is 8.01. The highest BCUT2D eigenvalue weighted by atomic mass is 16.5. The molecule has 0 radical (unpaired) electrons. The molecule has 0 spiro atoms. The van der Waals surface area contributed by atoms with E-state index in [2.05, 4.69) is 24.5 Å². The van der Waals surface area contributed by atoms with Crippen molar-refractivity contribution in [2.75, 3.05) is 32.8 Å². The Balaban J connectivity index is 1.87. The van der Waals surface area contributed by atoms with Gasteiger partial charge in [0.1, 0.15) is 0 Å². The van der Waals surface area contributed by atoms with Crippen LogP contribution in [-0.4, -0.2) is 38.8 Å². The van der Waals surface area contributed by atoms with Gasteiger partial charge in [-0.15, -0.1) is 0 Å². The Morgan fingerprint density at radius 3 is 2.94 bits per heavy atom. The molecule has 106 valence electrons. The average Bonchev–Trinajstić information content (AvgIpc) is 2.83. The Bertz CT molecular complexity index is 226. The van der Waals surface area contributed by atoms with E-state index in [9.17, 15) is 4.79 Å². The van der Waals surface area contributed by atoms with E-state index >= 15 is 0 Å². The lowest BCUT2D eigenvalue weighted by Crippen LogP contribution is -2.27. The number of rotatable bonds is 9. The van der Waals surface area contributed by atoms with Crippen molar-refractivity contribution in [2.45, 2.75) is 39.5 Å². The van der Waals surface area contributed by atoms with Crippen molar-refractivity contribution in [3.05, 3.63) is 0 Å². The van der Waals surface area contributed by atoms with Gasteiger partial charge in [-0.05, 0) is 44.2 Å². The van der Waals surface area contributed by atoms with Crippen molar-refractivity contribution in [1.29, 1.82) is 0 Å². The first kappa shape index (κ1) is 15.4. The van der Waals surface area contributed by atoms with Crippen LogP contribution in [0, 0.1) is 11.8 Å². The number of carbonyl (C=O) groups excluding carboxylic acids is 1. The van der Waals surface area contributed by atoms with E-state index in [4.69, 9.17) is 4.74 Å². The monoisotopic (exact) mass is 256 g/mol. The topological polar surface area (TPSA) is 50.4 Å². The van der Waals surface area contributed by atoms with Crippen molar-refractivity contribution in [2.24, 2.45) is 11.8 Å². The minimum atomic E-state index is 0.161. The maximum atomic E-state index is 11.6. The molecule has 0 aliphatic carbocycles. The summed E-state index contributed by atoms with van der Waals surface area (Å²) in [5.74, 6) is 1.53. The number of carbonyl (C=O) groups is 1. The van der Waals surface area contributed by atoms with Gasteiger partial charge in [-0.1, -0.05) is 13.8 Å². The van der Waals surface area contributed by atoms with Gasteiger partial charge in [-0.2, -0.15) is 0 Å². The van der Waals surface area contributed by atoms with E-state index < -0.39 is 0 Å². The molecule has 0 aromatic carbocycles. The Morgan fingerprint density at radius 1 is 1.44 bits per heavy atom. The van der Waals surface area contributed by atoms with Gasteiger partial charge >= 0.3 is 0 Å². The normalized spacial score (nSPS) is 19.4. The highest BCUT2D eigenvalue weighted by Crippen LogP contribution is 2.13. The smallest absolute Gasteiger partial charge is 0.220 e. The molecule has 1 atom stereocenters. The van der Waals surface area contributed by atoms with Crippen LogP contribution >= 0.6 is 0 Å². The molecule has 1 aliphatic heterocycles. The fourth-order valence-electron chi connectivity index (χ4n) is 2.07. The molecule has 1 saturated heterocycles. The molecule has 1 aliphatic rings. The summed E-state index contributed by atoms with van der Waals surface area (Å²) in [7, 11) is 0. The molecule has 1 unspecified atom stereocenters. The fraction of sp³-hybridized carbons (Fsp3) is 0.929. The zero-order valence-corrected chi connectivity index (χ0v) is 11.8. The van der Waals surface area contributed by atoms with Crippen LogP contribution in [0.1, 0.15) is 39.5 Å². The van der Waals surface area contributed by atoms with E-state index in [1.165, 1.54) is 6.42 Å². The van der Waals surface area contributed by atoms with Gasteiger partial charge in [0.2, 0.25) is 5.91 Å². The molecule has 0 aromatic heterocycles. The predicted octanol–water partition coefficient (Wildman–Crippen LogP) is 1.56. The third-order valence-corrected chi connectivity index (χ3v) is 3.35. The minimum absolute atomic E-state index is 0.161. The SMILES string of the molecule is CC(C)CCOCCNC(=O)CCC1CCNC1. The standard InChI is InChI=1S/C14H28N2O2/c1-12(2)6-9-18-10-8-16-14(17)4-3-13-5-7-15-11-13/h12-13,15H,3-11H2,1-2H3,(H,16,17). The first-order chi connectivity index (χ1) is 8.68. The molecule has 1 heterocycles. The second kappa shape index (κ2) is 9.34. The van der Waals surface area contributed by atoms with Gasteiger partial charge in [0.05, 0.1) is 6.61 Å². The summed E-state index contributed by atoms with van der Waals surface area (Å²) in [5.41, 5.74) is 0. The van der Waals surface area contributed by atoms with Gasteiger partial charge in [0, 0.05) is 19.6 Å². The highest BCUT2D eigenvalue weighted by molar-refractivity contribution is 5.75. The number of hydrogen-bond acceptors (Lipinski definition) is 3. The quantitative estimate of drug-likeness (QED) is 0.616. The van der Waals surface area contributed by atoms with E-state index in [-0.39, 0.29) is 5.91 Å². The van der Waals surface area contributed by atoms with Gasteiger partial charge in [0.15, 0.2) is 0 Å². The van der Waals surface area contributed by atoms with Crippen LogP contribution in [-0.2, 0) is 9.53 Å². The molecule has 18 heavy (non-hydrogen) atoms. The molecule has 1 rings (SSSR count). The van der Waals surface area contributed by atoms with Crippen molar-refractivity contribution >= 4 is 5.91 Å². The molecule has 4 nitrogen and oxygen atoms in total. The zero-order valence-electron chi connectivity index (χ0n) is 11.8. The number of nitrogens with one attached hydrogen (secondary N) is 2. The summed E-state index contributed by atoms with van der Waals surface area (Å²) in [5, 5.41) is 6.23. The van der Waals surface area contributed by atoms with Crippen molar-refractivity contribution in [3.63, 3.8) is 0 Å². The second-order valence-electron chi connectivity index (χ2n) is 5.54. The maximum Gasteiger partial charge on any atom is 0.220 e. The summed E-state index contributed by atoms with van der Waals surface area (Å²) >= 11 is 0. The molecule has 1 fully saturated rings. The Labute approximate surface area is 111 Å². The van der Waals surface area contributed by atoms with E-state index in [0.717, 1.165) is 32.5 Å². The van der Waals surface area contributed by atoms with Crippen LogP contribution in [0.15, 0.2) is 0 Å². The van der Waals surface area contributed by atoms with Crippen LogP contribution in [0.3, 0.4) is 0 Å². The van der Waals surface area contributed by atoms with E-state index in [1.807, 2.05) is 0 Å². The van der Waals surface area contributed by atoms with Gasteiger partial charge in [0.25, 0.3) is 0 Å². The number of amides is 1. The third-order valence-electron chi connectivity index (χ3n) is 3.35. The molecule has 0 bridgehead atoms. The summed E-state index contributed by atoms with van der Waals surface area (Å²) < 4.78 is 5.45. The lowest BCUT2D eigenvalue weighted by atomic mass is 10.0. The minimum Gasteiger partial charge on any atom is -0.380 e. The van der Waals surface area contributed by atoms with E-state index in [1.54, 1.807) is 0 Å². The first-order valence-corrected chi connectivity index (χ1v) is 7.23. The molecule has 0 saturated carbocycles. The summed E-state index contributed by atoms with van der Waals surface area (Å²) in [4.78, 5) is 11.6. The number of ether oxygens (including phenoxy) is 1. The Hall–Kier alpha value is -0.610. The van der Waals surface area contributed by atoms with Crippen molar-refractivity contribution < 1.29 is 9.53 Å². The summed E-state index contributed by atoms with van der Waals surface area (Å²) in [6, 6.07) is 0. The highest BCUT2D eigenvalue weighted by Gasteiger charge is 2.15. The van der Waals surface area contributed by atoms with Crippen LogP contribution in [0.4, 0.5) is 0 Å². The maximum absolute atomic E-state index is 11.6. The van der Waals surface area contributed by atoms with Crippen molar-refractivity contribution in [1.82, 2.24) is 10.6 Å². The van der Waals surface area contributed by atoms with Crippen LogP contribution in [0.5, 0.6) is 0 Å². The largest absolute Gasteiger partial charge is 0.380 e. The van der Waals surface area contributed by atoms with Crippen LogP contribution in [0.2, 0.25) is 0 Å². The Morgan fingerprint density at radius 2 is 2.28 bits per heavy atom. The van der Waals surface area contributed by atoms with Crippen molar-refractivity contribution in [3.8, 4) is 0 Å². The number of hydrogen-bond donors (Lipinski definition) is 2. The lowest BCUT2D eigenvalue weighted by Gasteiger charge is -2.09. The van der Waals surface area contributed by atoms with Gasteiger partial charge in [-0.3, -0.25) is 4.79 Å². The van der Waals surface area contributed by atoms with Crippen LogP contribution in [0.25, 0.3) is 0 Å². The first-order valence-electron chi connectivity index (χ1n) is 7.23.